The molecule has 0 bridgehead atoms. The van der Waals surface area contributed by atoms with Gasteiger partial charge in [-0.25, -0.2) is 0 Å². The highest BCUT2D eigenvalue weighted by Gasteiger charge is 2.19. The van der Waals surface area contributed by atoms with Gasteiger partial charge in [-0.05, 0) is 32.0 Å². The molecule has 0 aliphatic rings. The predicted octanol–water partition coefficient (Wildman–Crippen LogP) is 0.989. The van der Waals surface area contributed by atoms with E-state index >= 15 is 0 Å². The van der Waals surface area contributed by atoms with Crippen LogP contribution in [0.15, 0.2) is 22.8 Å². The zero-order valence-electron chi connectivity index (χ0n) is 11.1. The van der Waals surface area contributed by atoms with Crippen molar-refractivity contribution < 1.29 is 14.3 Å². The van der Waals surface area contributed by atoms with Crippen LogP contribution in [-0.4, -0.2) is 41.7 Å². The minimum atomic E-state index is -0.198. The second-order valence-corrected chi connectivity index (χ2v) is 4.18. The molecule has 0 aliphatic carbocycles. The maximum absolute atomic E-state index is 11.9. The Hall–Kier alpha value is -1.33. The maximum Gasteiger partial charge on any atom is 0.237 e. The molecule has 1 aromatic rings. The van der Waals surface area contributed by atoms with Crippen LogP contribution in [0.4, 0.5) is 0 Å². The molecule has 0 saturated carbocycles. The SMILES string of the molecule is CCN(CCCO)C(C)C(=O)NCc1ccco1. The Morgan fingerprint density at radius 2 is 2.39 bits per heavy atom. The molecule has 1 heterocycles. The van der Waals surface area contributed by atoms with Crippen LogP contribution in [0.3, 0.4) is 0 Å². The first kappa shape index (κ1) is 14.7. The number of nitrogens with one attached hydrogen (secondary N) is 1. The fourth-order valence-electron chi connectivity index (χ4n) is 1.80. The number of aliphatic hydroxyl groups excluding tert-OH is 1. The topological polar surface area (TPSA) is 65.7 Å². The average Bonchev–Trinajstić information content (AvgIpc) is 2.89. The van der Waals surface area contributed by atoms with E-state index in [1.165, 1.54) is 0 Å². The first-order valence-electron chi connectivity index (χ1n) is 6.34. The normalized spacial score (nSPS) is 12.7. The Bertz CT molecular complexity index is 338. The largest absolute Gasteiger partial charge is 0.467 e. The number of carbonyl (C=O) groups excluding carboxylic acids is 1. The third-order valence-corrected chi connectivity index (χ3v) is 2.95. The van der Waals surface area contributed by atoms with E-state index in [2.05, 4.69) is 5.32 Å². The molecular formula is C13H22N2O3. The van der Waals surface area contributed by atoms with Crippen molar-refractivity contribution in [3.63, 3.8) is 0 Å². The Morgan fingerprint density at radius 3 is 2.94 bits per heavy atom. The maximum atomic E-state index is 11.9. The van der Waals surface area contributed by atoms with Crippen LogP contribution in [0.1, 0.15) is 26.0 Å². The lowest BCUT2D eigenvalue weighted by molar-refractivity contribution is -0.126. The van der Waals surface area contributed by atoms with Crippen molar-refractivity contribution in [2.24, 2.45) is 0 Å². The first-order chi connectivity index (χ1) is 8.69. The van der Waals surface area contributed by atoms with Gasteiger partial charge in [0.1, 0.15) is 5.76 Å². The fraction of sp³-hybridized carbons (Fsp3) is 0.615. The van der Waals surface area contributed by atoms with Gasteiger partial charge >= 0.3 is 0 Å². The van der Waals surface area contributed by atoms with Crippen molar-refractivity contribution in [3.8, 4) is 0 Å². The summed E-state index contributed by atoms with van der Waals surface area (Å²) in [6.07, 6.45) is 2.27. The molecule has 5 nitrogen and oxygen atoms in total. The molecule has 2 N–H and O–H groups in total. The molecule has 0 spiro atoms. The van der Waals surface area contributed by atoms with E-state index in [-0.39, 0.29) is 18.6 Å². The molecule has 1 unspecified atom stereocenters. The van der Waals surface area contributed by atoms with E-state index in [1.54, 1.807) is 12.3 Å². The monoisotopic (exact) mass is 254 g/mol. The summed E-state index contributed by atoms with van der Waals surface area (Å²) in [5.41, 5.74) is 0. The number of nitrogens with zero attached hydrogens (tertiary/aromatic N) is 1. The quantitative estimate of drug-likeness (QED) is 0.726. The van der Waals surface area contributed by atoms with Gasteiger partial charge in [0.2, 0.25) is 5.91 Å². The van der Waals surface area contributed by atoms with Gasteiger partial charge in [0, 0.05) is 13.2 Å². The summed E-state index contributed by atoms with van der Waals surface area (Å²) < 4.78 is 5.15. The van der Waals surface area contributed by atoms with E-state index in [9.17, 15) is 4.79 Å². The molecule has 1 rings (SSSR count). The Balaban J connectivity index is 2.38. The van der Waals surface area contributed by atoms with E-state index in [4.69, 9.17) is 9.52 Å². The van der Waals surface area contributed by atoms with Crippen LogP contribution in [0.25, 0.3) is 0 Å². The van der Waals surface area contributed by atoms with E-state index in [1.807, 2.05) is 24.8 Å². The second-order valence-electron chi connectivity index (χ2n) is 4.18. The summed E-state index contributed by atoms with van der Waals surface area (Å²) >= 11 is 0. The highest BCUT2D eigenvalue weighted by Crippen LogP contribution is 2.03. The number of rotatable bonds is 8. The third-order valence-electron chi connectivity index (χ3n) is 2.95. The van der Waals surface area contributed by atoms with Crippen molar-refractivity contribution in [3.05, 3.63) is 24.2 Å². The molecule has 0 aliphatic heterocycles. The van der Waals surface area contributed by atoms with Crippen LogP contribution >= 0.6 is 0 Å². The summed E-state index contributed by atoms with van der Waals surface area (Å²) in [6, 6.07) is 3.43. The van der Waals surface area contributed by atoms with Crippen LogP contribution in [0, 0.1) is 0 Å². The molecule has 0 aromatic carbocycles. The molecule has 102 valence electrons. The molecule has 1 amide bonds. The van der Waals surface area contributed by atoms with Crippen LogP contribution < -0.4 is 5.32 Å². The molecule has 0 radical (unpaired) electrons. The summed E-state index contributed by atoms with van der Waals surface area (Å²) in [5.74, 6) is 0.722. The molecule has 1 aromatic heterocycles. The number of aliphatic hydroxyl groups is 1. The minimum absolute atomic E-state index is 0.0220. The number of likely N-dealkylation sites (N-methyl/N-ethyl adjacent to an activating group) is 1. The molecule has 5 heteroatoms. The van der Waals surface area contributed by atoms with Gasteiger partial charge in [0.25, 0.3) is 0 Å². The summed E-state index contributed by atoms with van der Waals surface area (Å²) in [7, 11) is 0. The smallest absolute Gasteiger partial charge is 0.237 e. The highest BCUT2D eigenvalue weighted by molar-refractivity contribution is 5.81. The zero-order chi connectivity index (χ0) is 13.4. The highest BCUT2D eigenvalue weighted by atomic mass is 16.3. The van der Waals surface area contributed by atoms with Crippen molar-refractivity contribution in [1.29, 1.82) is 0 Å². The van der Waals surface area contributed by atoms with Gasteiger partial charge in [0.15, 0.2) is 0 Å². The van der Waals surface area contributed by atoms with Gasteiger partial charge in [-0.2, -0.15) is 0 Å². The Labute approximate surface area is 108 Å². The zero-order valence-corrected chi connectivity index (χ0v) is 11.1. The van der Waals surface area contributed by atoms with Gasteiger partial charge < -0.3 is 14.8 Å². The second kappa shape index (κ2) is 7.89. The Morgan fingerprint density at radius 1 is 1.61 bits per heavy atom. The lowest BCUT2D eigenvalue weighted by Gasteiger charge is -2.26. The van der Waals surface area contributed by atoms with Gasteiger partial charge in [-0.1, -0.05) is 6.92 Å². The van der Waals surface area contributed by atoms with Gasteiger partial charge in [0.05, 0.1) is 18.8 Å². The van der Waals surface area contributed by atoms with Crippen LogP contribution in [0.2, 0.25) is 0 Å². The van der Waals surface area contributed by atoms with Crippen molar-refractivity contribution in [1.82, 2.24) is 10.2 Å². The fourth-order valence-corrected chi connectivity index (χ4v) is 1.80. The van der Waals surface area contributed by atoms with Crippen LogP contribution in [0.5, 0.6) is 0 Å². The van der Waals surface area contributed by atoms with Gasteiger partial charge in [-0.15, -0.1) is 0 Å². The first-order valence-corrected chi connectivity index (χ1v) is 6.34. The summed E-state index contributed by atoms with van der Waals surface area (Å²) in [5, 5.41) is 11.7. The van der Waals surface area contributed by atoms with Crippen LogP contribution in [-0.2, 0) is 11.3 Å². The van der Waals surface area contributed by atoms with Crippen molar-refractivity contribution in [2.75, 3.05) is 19.7 Å². The number of carbonyl (C=O) groups is 1. The molecule has 18 heavy (non-hydrogen) atoms. The van der Waals surface area contributed by atoms with Gasteiger partial charge in [-0.3, -0.25) is 9.69 Å². The number of furan rings is 1. The number of hydrogen-bond acceptors (Lipinski definition) is 4. The lowest BCUT2D eigenvalue weighted by atomic mass is 10.2. The minimum Gasteiger partial charge on any atom is -0.467 e. The van der Waals surface area contributed by atoms with E-state index < -0.39 is 0 Å². The summed E-state index contributed by atoms with van der Waals surface area (Å²) in [4.78, 5) is 14.0. The predicted molar refractivity (Wildman–Crippen MR) is 69.0 cm³/mol. The molecule has 0 saturated heterocycles. The average molecular weight is 254 g/mol. The number of hydrogen-bond donors (Lipinski definition) is 2. The molecule has 0 fully saturated rings. The molecule has 1 atom stereocenters. The van der Waals surface area contributed by atoms with Crippen molar-refractivity contribution >= 4 is 5.91 Å². The summed E-state index contributed by atoms with van der Waals surface area (Å²) in [6.45, 7) is 5.95. The third kappa shape index (κ3) is 4.50. The van der Waals surface area contributed by atoms with E-state index in [0.29, 0.717) is 13.0 Å². The lowest BCUT2D eigenvalue weighted by Crippen LogP contribution is -2.45. The van der Waals surface area contributed by atoms with E-state index in [0.717, 1.165) is 18.8 Å². The number of amides is 1. The van der Waals surface area contributed by atoms with Crippen molar-refractivity contribution in [2.45, 2.75) is 32.9 Å². The Kier molecular flexibility index (Phi) is 6.46. The standard InChI is InChI=1S/C13H22N2O3/c1-3-15(7-5-8-16)11(2)13(17)14-10-12-6-4-9-18-12/h4,6,9,11,16H,3,5,7-8,10H2,1-2H3,(H,14,17). The molecular weight excluding hydrogens is 232 g/mol.